The maximum absolute atomic E-state index is 12.3. The minimum absolute atomic E-state index is 0.0368. The van der Waals surface area contributed by atoms with Crippen molar-refractivity contribution in [2.75, 3.05) is 11.9 Å². The first-order valence-corrected chi connectivity index (χ1v) is 10.3. The standard InChI is InChI=1S/C24H18F3N5O2/c25-24(26,27)34-20-12-10-19(11-13-20)32-15-28-22(31-32)17-6-8-18(9-7-17)29-23-30-21(14-33-23)16-4-2-1-3-5-16/h1-13,15,21H,14H2,(H,29,30). The van der Waals surface area contributed by atoms with Crippen molar-refractivity contribution in [3.8, 4) is 22.8 Å². The van der Waals surface area contributed by atoms with Gasteiger partial charge in [0.1, 0.15) is 24.7 Å². The van der Waals surface area contributed by atoms with Crippen LogP contribution in [0.15, 0.2) is 90.2 Å². The average Bonchev–Trinajstić information content (AvgIpc) is 3.50. The van der Waals surface area contributed by atoms with Crippen LogP contribution >= 0.6 is 0 Å². The number of nitrogens with zero attached hydrogens (tertiary/aromatic N) is 4. The van der Waals surface area contributed by atoms with Gasteiger partial charge in [-0.05, 0) is 54.1 Å². The van der Waals surface area contributed by atoms with Crippen LogP contribution in [0.5, 0.6) is 5.75 Å². The van der Waals surface area contributed by atoms with Crippen molar-refractivity contribution in [1.29, 1.82) is 0 Å². The number of alkyl halides is 3. The minimum atomic E-state index is -4.73. The van der Waals surface area contributed by atoms with Gasteiger partial charge in [-0.2, -0.15) is 0 Å². The second-order valence-corrected chi connectivity index (χ2v) is 7.43. The van der Waals surface area contributed by atoms with Gasteiger partial charge in [-0.3, -0.25) is 0 Å². The number of nitrogens with one attached hydrogen (secondary N) is 1. The van der Waals surface area contributed by atoms with E-state index in [2.05, 4.69) is 25.1 Å². The van der Waals surface area contributed by atoms with E-state index in [1.165, 1.54) is 35.3 Å². The highest BCUT2D eigenvalue weighted by Crippen LogP contribution is 2.26. The zero-order valence-electron chi connectivity index (χ0n) is 17.6. The van der Waals surface area contributed by atoms with Gasteiger partial charge in [0.25, 0.3) is 6.02 Å². The van der Waals surface area contributed by atoms with Crippen molar-refractivity contribution in [1.82, 2.24) is 14.8 Å². The smallest absolute Gasteiger partial charge is 0.462 e. The van der Waals surface area contributed by atoms with Crippen LogP contribution in [0.2, 0.25) is 0 Å². The number of hydrogen-bond donors (Lipinski definition) is 1. The Morgan fingerprint density at radius 1 is 0.941 bits per heavy atom. The summed E-state index contributed by atoms with van der Waals surface area (Å²) >= 11 is 0. The van der Waals surface area contributed by atoms with Gasteiger partial charge in [-0.15, -0.1) is 18.3 Å². The Morgan fingerprint density at radius 2 is 1.68 bits per heavy atom. The van der Waals surface area contributed by atoms with E-state index >= 15 is 0 Å². The number of benzene rings is 3. The van der Waals surface area contributed by atoms with Gasteiger partial charge in [0.15, 0.2) is 5.82 Å². The molecule has 0 saturated carbocycles. The summed E-state index contributed by atoms with van der Waals surface area (Å²) in [6, 6.07) is 23.2. The number of anilines is 1. The molecule has 34 heavy (non-hydrogen) atoms. The number of rotatable bonds is 5. The van der Waals surface area contributed by atoms with Crippen molar-refractivity contribution >= 4 is 11.7 Å². The molecule has 1 aromatic heterocycles. The predicted molar refractivity (Wildman–Crippen MR) is 120 cm³/mol. The monoisotopic (exact) mass is 465 g/mol. The summed E-state index contributed by atoms with van der Waals surface area (Å²) in [5.74, 6) is 0.173. The number of ether oxygens (including phenoxy) is 2. The molecule has 1 unspecified atom stereocenters. The lowest BCUT2D eigenvalue weighted by molar-refractivity contribution is -0.274. The molecule has 1 aliphatic heterocycles. The van der Waals surface area contributed by atoms with Gasteiger partial charge >= 0.3 is 6.36 Å². The van der Waals surface area contributed by atoms with Crippen LogP contribution in [0.25, 0.3) is 17.1 Å². The second-order valence-electron chi connectivity index (χ2n) is 7.43. The van der Waals surface area contributed by atoms with E-state index in [1.54, 1.807) is 0 Å². The maximum Gasteiger partial charge on any atom is 0.573 e. The summed E-state index contributed by atoms with van der Waals surface area (Å²) in [5, 5.41) is 7.57. The summed E-state index contributed by atoms with van der Waals surface area (Å²) in [7, 11) is 0. The highest BCUT2D eigenvalue weighted by molar-refractivity contribution is 5.90. The van der Waals surface area contributed by atoms with Gasteiger partial charge in [0.2, 0.25) is 0 Å². The zero-order valence-corrected chi connectivity index (χ0v) is 17.6. The SMILES string of the molecule is FC(F)(F)Oc1ccc(-n2cnc(-c3ccc(NC4=NC(c5ccccc5)CO4)cc3)n2)cc1. The summed E-state index contributed by atoms with van der Waals surface area (Å²) in [6.45, 7) is 0.481. The Morgan fingerprint density at radius 3 is 2.38 bits per heavy atom. The number of aliphatic imine (C=N–C) groups is 1. The highest BCUT2D eigenvalue weighted by atomic mass is 19.4. The van der Waals surface area contributed by atoms with Crippen LogP contribution in [-0.4, -0.2) is 33.8 Å². The van der Waals surface area contributed by atoms with Gasteiger partial charge in [-0.25, -0.2) is 14.7 Å². The van der Waals surface area contributed by atoms with Crippen molar-refractivity contribution in [2.45, 2.75) is 12.4 Å². The third-order valence-electron chi connectivity index (χ3n) is 5.06. The molecule has 1 aliphatic rings. The first-order chi connectivity index (χ1) is 16.4. The quantitative estimate of drug-likeness (QED) is 0.429. The lowest BCUT2D eigenvalue weighted by Gasteiger charge is -2.09. The summed E-state index contributed by atoms with van der Waals surface area (Å²) < 4.78 is 48.0. The molecule has 4 aromatic rings. The topological polar surface area (TPSA) is 73.6 Å². The van der Waals surface area contributed by atoms with Crippen molar-refractivity contribution in [2.24, 2.45) is 4.99 Å². The molecule has 0 radical (unpaired) electrons. The largest absolute Gasteiger partial charge is 0.573 e. The molecule has 1 N–H and O–H groups in total. The van der Waals surface area contributed by atoms with E-state index in [0.717, 1.165) is 16.8 Å². The van der Waals surface area contributed by atoms with Gasteiger partial charge in [-0.1, -0.05) is 30.3 Å². The molecule has 10 heteroatoms. The van der Waals surface area contributed by atoms with Crippen LogP contribution in [-0.2, 0) is 4.74 Å². The molecule has 0 amide bonds. The van der Waals surface area contributed by atoms with E-state index in [-0.39, 0.29) is 11.8 Å². The molecular formula is C24H18F3N5O2. The van der Waals surface area contributed by atoms with Gasteiger partial charge in [0, 0.05) is 11.3 Å². The molecule has 0 bridgehead atoms. The Kier molecular flexibility index (Phi) is 5.62. The number of hydrogen-bond acceptors (Lipinski definition) is 6. The van der Waals surface area contributed by atoms with Crippen molar-refractivity contribution < 1.29 is 22.6 Å². The van der Waals surface area contributed by atoms with Crippen LogP contribution in [0.1, 0.15) is 11.6 Å². The van der Waals surface area contributed by atoms with Crippen LogP contribution in [0, 0.1) is 0 Å². The van der Waals surface area contributed by atoms with E-state index in [0.29, 0.717) is 24.1 Å². The Bertz CT molecular complexity index is 1290. The van der Waals surface area contributed by atoms with E-state index in [1.807, 2.05) is 54.6 Å². The van der Waals surface area contributed by atoms with Crippen LogP contribution < -0.4 is 10.1 Å². The summed E-state index contributed by atoms with van der Waals surface area (Å²) in [5.41, 5.74) is 3.23. The molecule has 2 heterocycles. The van der Waals surface area contributed by atoms with Gasteiger partial charge < -0.3 is 14.8 Å². The Hall–Kier alpha value is -4.34. The summed E-state index contributed by atoms with van der Waals surface area (Å²) in [6.07, 6.45) is -3.24. The van der Waals surface area contributed by atoms with Crippen LogP contribution in [0.4, 0.5) is 18.9 Å². The minimum Gasteiger partial charge on any atom is -0.462 e. The molecular weight excluding hydrogens is 447 g/mol. The molecule has 0 saturated heterocycles. The van der Waals surface area contributed by atoms with E-state index in [9.17, 15) is 13.2 Å². The highest BCUT2D eigenvalue weighted by Gasteiger charge is 2.31. The molecule has 0 fully saturated rings. The van der Waals surface area contributed by atoms with E-state index < -0.39 is 6.36 Å². The second kappa shape index (κ2) is 8.89. The third kappa shape index (κ3) is 5.01. The first kappa shape index (κ1) is 21.5. The lowest BCUT2D eigenvalue weighted by atomic mass is 10.1. The fraction of sp³-hybridized carbons (Fsp3) is 0.125. The predicted octanol–water partition coefficient (Wildman–Crippen LogP) is 5.37. The molecule has 7 nitrogen and oxygen atoms in total. The molecule has 5 rings (SSSR count). The molecule has 172 valence electrons. The van der Waals surface area contributed by atoms with Crippen molar-refractivity contribution in [3.63, 3.8) is 0 Å². The van der Waals surface area contributed by atoms with Gasteiger partial charge in [0.05, 0.1) is 5.69 Å². The third-order valence-corrected chi connectivity index (χ3v) is 5.06. The fourth-order valence-corrected chi connectivity index (χ4v) is 3.43. The molecule has 0 spiro atoms. The fourth-order valence-electron chi connectivity index (χ4n) is 3.43. The molecule has 1 atom stereocenters. The Balaban J connectivity index is 1.24. The van der Waals surface area contributed by atoms with Crippen LogP contribution in [0.3, 0.4) is 0 Å². The average molecular weight is 465 g/mol. The zero-order chi connectivity index (χ0) is 23.5. The maximum atomic E-state index is 12.3. The Labute approximate surface area is 192 Å². The number of halogens is 3. The first-order valence-electron chi connectivity index (χ1n) is 10.3. The molecule has 0 aliphatic carbocycles. The lowest BCUT2D eigenvalue weighted by Crippen LogP contribution is -2.17. The van der Waals surface area contributed by atoms with Crippen molar-refractivity contribution in [3.05, 3.63) is 90.8 Å². The van der Waals surface area contributed by atoms with E-state index in [4.69, 9.17) is 4.74 Å². The summed E-state index contributed by atoms with van der Waals surface area (Å²) in [4.78, 5) is 8.87. The number of amidine groups is 1. The molecule has 3 aromatic carbocycles. The number of aromatic nitrogens is 3. The normalized spacial score (nSPS) is 15.5.